The molecule has 0 heterocycles. The molecular formula is C14H12BrClN2O. The number of hydrogen-bond acceptors (Lipinski definition) is 2. The van der Waals surface area contributed by atoms with Crippen LogP contribution in [-0.4, -0.2) is 5.91 Å². The fourth-order valence-corrected chi connectivity index (χ4v) is 2.21. The van der Waals surface area contributed by atoms with Crippen molar-refractivity contribution < 1.29 is 4.79 Å². The van der Waals surface area contributed by atoms with Crippen molar-refractivity contribution in [2.24, 2.45) is 5.73 Å². The van der Waals surface area contributed by atoms with Crippen molar-refractivity contribution in [1.29, 1.82) is 0 Å². The predicted octanol–water partition coefficient (Wildman–Crippen LogP) is 3.81. The van der Waals surface area contributed by atoms with Crippen LogP contribution >= 0.6 is 27.5 Å². The van der Waals surface area contributed by atoms with Gasteiger partial charge in [0.25, 0.3) is 0 Å². The van der Waals surface area contributed by atoms with E-state index in [1.54, 1.807) is 18.2 Å². The summed E-state index contributed by atoms with van der Waals surface area (Å²) in [5.41, 5.74) is 7.55. The fourth-order valence-electron chi connectivity index (χ4n) is 1.66. The zero-order valence-electron chi connectivity index (χ0n) is 9.99. The van der Waals surface area contributed by atoms with Gasteiger partial charge >= 0.3 is 0 Å². The van der Waals surface area contributed by atoms with E-state index in [1.807, 2.05) is 24.3 Å². The molecule has 0 aromatic heterocycles. The van der Waals surface area contributed by atoms with Crippen LogP contribution in [0.3, 0.4) is 0 Å². The average molecular weight is 340 g/mol. The van der Waals surface area contributed by atoms with Gasteiger partial charge in [-0.1, -0.05) is 39.7 Å². The lowest BCUT2D eigenvalue weighted by Gasteiger charge is -2.09. The molecular weight excluding hydrogens is 328 g/mol. The number of rotatable bonds is 4. The third-order valence-electron chi connectivity index (χ3n) is 2.62. The first-order valence-corrected chi connectivity index (χ1v) is 6.81. The number of nitrogens with one attached hydrogen (secondary N) is 1. The second-order valence-corrected chi connectivity index (χ2v) is 5.37. The van der Waals surface area contributed by atoms with Crippen LogP contribution in [0, 0.1) is 0 Å². The summed E-state index contributed by atoms with van der Waals surface area (Å²) < 4.78 is 0.949. The molecule has 0 aliphatic rings. The van der Waals surface area contributed by atoms with Gasteiger partial charge in [-0.05, 0) is 35.9 Å². The number of amides is 1. The first-order valence-electron chi connectivity index (χ1n) is 5.64. The van der Waals surface area contributed by atoms with Gasteiger partial charge < -0.3 is 11.1 Å². The molecule has 0 aliphatic carbocycles. The van der Waals surface area contributed by atoms with Crippen LogP contribution in [0.15, 0.2) is 46.9 Å². The standard InChI is InChI=1S/C14H12BrClN2O/c15-11-4-5-12(16)13(7-11)18-8-9-2-1-3-10(6-9)14(17)19/h1-7,18H,8H2,(H2,17,19). The molecule has 0 atom stereocenters. The topological polar surface area (TPSA) is 55.1 Å². The van der Waals surface area contributed by atoms with E-state index in [4.69, 9.17) is 17.3 Å². The van der Waals surface area contributed by atoms with Gasteiger partial charge in [0.2, 0.25) is 5.91 Å². The van der Waals surface area contributed by atoms with E-state index < -0.39 is 5.91 Å². The minimum atomic E-state index is -0.428. The molecule has 5 heteroatoms. The maximum Gasteiger partial charge on any atom is 0.248 e. The van der Waals surface area contributed by atoms with Crippen LogP contribution in [0.1, 0.15) is 15.9 Å². The SMILES string of the molecule is NC(=O)c1cccc(CNc2cc(Br)ccc2Cl)c1. The third-order valence-corrected chi connectivity index (χ3v) is 3.45. The van der Waals surface area contributed by atoms with Crippen LogP contribution in [0.5, 0.6) is 0 Å². The van der Waals surface area contributed by atoms with Gasteiger partial charge in [0, 0.05) is 16.6 Å². The summed E-state index contributed by atoms with van der Waals surface area (Å²) in [5, 5.41) is 3.87. The molecule has 2 rings (SSSR count). The lowest BCUT2D eigenvalue weighted by Crippen LogP contribution is -2.11. The maximum atomic E-state index is 11.1. The fraction of sp³-hybridized carbons (Fsp3) is 0.0714. The lowest BCUT2D eigenvalue weighted by molar-refractivity contribution is 0.1000. The van der Waals surface area contributed by atoms with Crippen molar-refractivity contribution in [3.63, 3.8) is 0 Å². The number of benzene rings is 2. The molecule has 19 heavy (non-hydrogen) atoms. The molecule has 3 nitrogen and oxygen atoms in total. The Labute approximate surface area is 124 Å². The van der Waals surface area contributed by atoms with Crippen LogP contribution in [-0.2, 0) is 6.54 Å². The Hall–Kier alpha value is -1.52. The van der Waals surface area contributed by atoms with Gasteiger partial charge in [0.05, 0.1) is 10.7 Å². The van der Waals surface area contributed by atoms with E-state index in [0.29, 0.717) is 17.1 Å². The molecule has 0 bridgehead atoms. The molecule has 2 aromatic carbocycles. The quantitative estimate of drug-likeness (QED) is 0.890. The Balaban J connectivity index is 2.12. The highest BCUT2D eigenvalue weighted by Gasteiger charge is 2.03. The van der Waals surface area contributed by atoms with Gasteiger partial charge in [0.15, 0.2) is 0 Å². The smallest absolute Gasteiger partial charge is 0.248 e. The zero-order valence-corrected chi connectivity index (χ0v) is 12.3. The predicted molar refractivity (Wildman–Crippen MR) is 81.4 cm³/mol. The van der Waals surface area contributed by atoms with Gasteiger partial charge in [0.1, 0.15) is 0 Å². The number of halogens is 2. The van der Waals surface area contributed by atoms with Crippen molar-refractivity contribution in [2.45, 2.75) is 6.54 Å². The monoisotopic (exact) mass is 338 g/mol. The van der Waals surface area contributed by atoms with Crippen molar-refractivity contribution in [3.05, 3.63) is 63.1 Å². The maximum absolute atomic E-state index is 11.1. The summed E-state index contributed by atoms with van der Waals surface area (Å²) in [6.07, 6.45) is 0. The van der Waals surface area contributed by atoms with E-state index in [2.05, 4.69) is 21.2 Å². The average Bonchev–Trinajstić information content (AvgIpc) is 2.40. The molecule has 0 saturated carbocycles. The number of nitrogens with two attached hydrogens (primary N) is 1. The van der Waals surface area contributed by atoms with Gasteiger partial charge in [-0.2, -0.15) is 0 Å². The Kier molecular flexibility index (Phi) is 4.45. The number of carbonyl (C=O) groups excluding carboxylic acids is 1. The molecule has 2 aromatic rings. The first kappa shape index (κ1) is 13.9. The summed E-state index contributed by atoms with van der Waals surface area (Å²) in [6.45, 7) is 0.567. The van der Waals surface area contributed by atoms with E-state index in [-0.39, 0.29) is 0 Å². The number of hydrogen-bond donors (Lipinski definition) is 2. The molecule has 0 aliphatic heterocycles. The second-order valence-electron chi connectivity index (χ2n) is 4.04. The Morgan fingerprint density at radius 3 is 2.79 bits per heavy atom. The van der Waals surface area contributed by atoms with Crippen molar-refractivity contribution in [3.8, 4) is 0 Å². The molecule has 0 spiro atoms. The number of primary amides is 1. The van der Waals surface area contributed by atoms with E-state index in [0.717, 1.165) is 15.7 Å². The zero-order chi connectivity index (χ0) is 13.8. The van der Waals surface area contributed by atoms with Crippen molar-refractivity contribution in [1.82, 2.24) is 0 Å². The molecule has 0 radical (unpaired) electrons. The highest BCUT2D eigenvalue weighted by atomic mass is 79.9. The Bertz CT molecular complexity index is 616. The molecule has 98 valence electrons. The molecule has 3 N–H and O–H groups in total. The van der Waals surface area contributed by atoms with Crippen molar-refractivity contribution in [2.75, 3.05) is 5.32 Å². The minimum Gasteiger partial charge on any atom is -0.380 e. The van der Waals surface area contributed by atoms with Crippen LogP contribution in [0.4, 0.5) is 5.69 Å². The minimum absolute atomic E-state index is 0.428. The Morgan fingerprint density at radius 2 is 2.05 bits per heavy atom. The normalized spacial score (nSPS) is 10.2. The highest BCUT2D eigenvalue weighted by Crippen LogP contribution is 2.26. The molecule has 0 fully saturated rings. The Morgan fingerprint density at radius 1 is 1.26 bits per heavy atom. The summed E-state index contributed by atoms with van der Waals surface area (Å²) >= 11 is 9.48. The number of anilines is 1. The second kappa shape index (κ2) is 6.08. The number of carbonyl (C=O) groups is 1. The van der Waals surface area contributed by atoms with E-state index >= 15 is 0 Å². The van der Waals surface area contributed by atoms with Gasteiger partial charge in [-0.15, -0.1) is 0 Å². The molecule has 0 unspecified atom stereocenters. The molecule has 0 saturated heterocycles. The van der Waals surface area contributed by atoms with E-state index in [9.17, 15) is 4.79 Å². The molecule has 1 amide bonds. The lowest BCUT2D eigenvalue weighted by atomic mass is 10.1. The van der Waals surface area contributed by atoms with Gasteiger partial charge in [-0.3, -0.25) is 4.79 Å². The summed E-state index contributed by atoms with van der Waals surface area (Å²) in [6, 6.07) is 12.8. The summed E-state index contributed by atoms with van der Waals surface area (Å²) in [7, 11) is 0. The summed E-state index contributed by atoms with van der Waals surface area (Å²) in [5.74, 6) is -0.428. The summed E-state index contributed by atoms with van der Waals surface area (Å²) in [4.78, 5) is 11.1. The largest absolute Gasteiger partial charge is 0.380 e. The van der Waals surface area contributed by atoms with Gasteiger partial charge in [-0.25, -0.2) is 0 Å². The van der Waals surface area contributed by atoms with Crippen molar-refractivity contribution >= 4 is 39.1 Å². The first-order chi connectivity index (χ1) is 9.06. The highest BCUT2D eigenvalue weighted by molar-refractivity contribution is 9.10. The third kappa shape index (κ3) is 3.72. The van der Waals surface area contributed by atoms with Crippen LogP contribution in [0.2, 0.25) is 5.02 Å². The van der Waals surface area contributed by atoms with Crippen LogP contribution in [0.25, 0.3) is 0 Å². The van der Waals surface area contributed by atoms with Crippen LogP contribution < -0.4 is 11.1 Å². The van der Waals surface area contributed by atoms with E-state index in [1.165, 1.54) is 0 Å².